The molecule has 0 aliphatic carbocycles. The molecule has 0 spiro atoms. The van der Waals surface area contributed by atoms with E-state index in [1.807, 2.05) is 26.0 Å². The van der Waals surface area contributed by atoms with Crippen LogP contribution < -0.4 is 10.3 Å². The van der Waals surface area contributed by atoms with Crippen LogP contribution in [0.5, 0.6) is 5.75 Å². The molecule has 1 heterocycles. The van der Waals surface area contributed by atoms with Gasteiger partial charge in [-0.1, -0.05) is 35.0 Å². The summed E-state index contributed by atoms with van der Waals surface area (Å²) in [5.74, 6) is 0.0204. The Bertz CT molecular complexity index is 981. The number of esters is 1. The zero-order valence-corrected chi connectivity index (χ0v) is 13.9. The molecule has 7 nitrogen and oxygen atoms in total. The standard InChI is InChI=1S/C18H17N3O4/c1-12-7-8-16(13(2)9-12)24-10-17(22)25-11-21-18(23)14-5-3-4-6-15(14)19-20-21/h3-9H,10-11H2,1-2H3. The van der Waals surface area contributed by atoms with Gasteiger partial charge in [-0.05, 0) is 37.6 Å². The Morgan fingerprint density at radius 2 is 1.96 bits per heavy atom. The average molecular weight is 339 g/mol. The summed E-state index contributed by atoms with van der Waals surface area (Å²) in [5.41, 5.74) is 2.17. The monoisotopic (exact) mass is 339 g/mol. The van der Waals surface area contributed by atoms with Crippen LogP contribution in [0.2, 0.25) is 0 Å². The molecule has 1 aromatic heterocycles. The predicted octanol–water partition coefficient (Wildman–Crippen LogP) is 1.99. The Balaban J connectivity index is 1.61. The fraction of sp³-hybridized carbons (Fsp3) is 0.222. The first kappa shape index (κ1) is 16.6. The maximum atomic E-state index is 12.2. The van der Waals surface area contributed by atoms with E-state index < -0.39 is 5.97 Å². The molecule has 25 heavy (non-hydrogen) atoms. The second kappa shape index (κ2) is 7.12. The van der Waals surface area contributed by atoms with Gasteiger partial charge in [0.25, 0.3) is 5.56 Å². The summed E-state index contributed by atoms with van der Waals surface area (Å²) < 4.78 is 11.5. The van der Waals surface area contributed by atoms with Crippen molar-refractivity contribution in [2.75, 3.05) is 6.61 Å². The van der Waals surface area contributed by atoms with Crippen molar-refractivity contribution >= 4 is 16.9 Å². The number of hydrogen-bond donors (Lipinski definition) is 0. The topological polar surface area (TPSA) is 83.3 Å². The number of carbonyl (C=O) groups is 1. The maximum absolute atomic E-state index is 12.2. The third-order valence-corrected chi connectivity index (χ3v) is 3.65. The first-order valence-electron chi connectivity index (χ1n) is 7.73. The summed E-state index contributed by atoms with van der Waals surface area (Å²) in [6.07, 6.45) is 0. The van der Waals surface area contributed by atoms with Crippen LogP contribution in [0.4, 0.5) is 0 Å². The van der Waals surface area contributed by atoms with Gasteiger partial charge in [0, 0.05) is 0 Å². The Kier molecular flexibility index (Phi) is 4.74. The molecule has 0 saturated heterocycles. The minimum absolute atomic E-state index is 0.250. The molecule has 0 N–H and O–H groups in total. The van der Waals surface area contributed by atoms with Crippen molar-refractivity contribution in [1.82, 2.24) is 15.0 Å². The van der Waals surface area contributed by atoms with Crippen LogP contribution in [-0.2, 0) is 16.3 Å². The highest BCUT2D eigenvalue weighted by Crippen LogP contribution is 2.18. The van der Waals surface area contributed by atoms with E-state index in [1.54, 1.807) is 30.3 Å². The first-order chi connectivity index (χ1) is 12.0. The lowest BCUT2D eigenvalue weighted by Gasteiger charge is -2.10. The van der Waals surface area contributed by atoms with E-state index >= 15 is 0 Å². The maximum Gasteiger partial charge on any atom is 0.345 e. The molecule has 3 aromatic rings. The Morgan fingerprint density at radius 1 is 1.16 bits per heavy atom. The molecule has 7 heteroatoms. The summed E-state index contributed by atoms with van der Waals surface area (Å²) in [7, 11) is 0. The lowest BCUT2D eigenvalue weighted by Crippen LogP contribution is -2.27. The van der Waals surface area contributed by atoms with Crippen molar-refractivity contribution in [3.63, 3.8) is 0 Å². The molecular weight excluding hydrogens is 322 g/mol. The summed E-state index contributed by atoms with van der Waals surface area (Å²) in [4.78, 5) is 24.1. The fourth-order valence-electron chi connectivity index (χ4n) is 2.38. The highest BCUT2D eigenvalue weighted by molar-refractivity contribution is 5.76. The Labute approximate surface area is 143 Å². The molecule has 3 rings (SSSR count). The lowest BCUT2D eigenvalue weighted by molar-refractivity contribution is -0.150. The average Bonchev–Trinajstić information content (AvgIpc) is 2.60. The van der Waals surface area contributed by atoms with Crippen LogP contribution in [0.3, 0.4) is 0 Å². The molecule has 128 valence electrons. The van der Waals surface area contributed by atoms with E-state index in [2.05, 4.69) is 10.3 Å². The summed E-state index contributed by atoms with van der Waals surface area (Å²) in [6.45, 7) is 3.32. The van der Waals surface area contributed by atoms with Crippen molar-refractivity contribution < 1.29 is 14.3 Å². The van der Waals surface area contributed by atoms with E-state index in [0.29, 0.717) is 16.7 Å². The van der Waals surface area contributed by atoms with Gasteiger partial charge < -0.3 is 9.47 Å². The number of rotatable bonds is 5. The van der Waals surface area contributed by atoms with Crippen LogP contribution in [0, 0.1) is 13.8 Å². The van der Waals surface area contributed by atoms with Crippen molar-refractivity contribution in [2.45, 2.75) is 20.6 Å². The van der Waals surface area contributed by atoms with Crippen LogP contribution in [0.25, 0.3) is 10.9 Å². The summed E-state index contributed by atoms with van der Waals surface area (Å²) >= 11 is 0. The second-order valence-corrected chi connectivity index (χ2v) is 5.61. The van der Waals surface area contributed by atoms with Gasteiger partial charge in [-0.25, -0.2) is 4.79 Å². The van der Waals surface area contributed by atoms with Crippen LogP contribution in [0.15, 0.2) is 47.3 Å². The van der Waals surface area contributed by atoms with E-state index in [9.17, 15) is 9.59 Å². The van der Waals surface area contributed by atoms with E-state index in [4.69, 9.17) is 9.47 Å². The molecule has 0 bridgehead atoms. The van der Waals surface area contributed by atoms with Gasteiger partial charge in [0.1, 0.15) is 11.3 Å². The quantitative estimate of drug-likeness (QED) is 0.661. The molecule has 0 aliphatic rings. The lowest BCUT2D eigenvalue weighted by atomic mass is 10.1. The number of aromatic nitrogens is 3. The largest absolute Gasteiger partial charge is 0.482 e. The number of aryl methyl sites for hydroxylation is 2. The van der Waals surface area contributed by atoms with Gasteiger partial charge in [-0.15, -0.1) is 5.10 Å². The van der Waals surface area contributed by atoms with Crippen molar-refractivity contribution in [1.29, 1.82) is 0 Å². The highest BCUT2D eigenvalue weighted by Gasteiger charge is 2.09. The minimum Gasteiger partial charge on any atom is -0.482 e. The molecule has 0 fully saturated rings. The van der Waals surface area contributed by atoms with Gasteiger partial charge in [-0.3, -0.25) is 4.79 Å². The van der Waals surface area contributed by atoms with Gasteiger partial charge >= 0.3 is 5.97 Å². The molecule has 0 saturated carbocycles. The van der Waals surface area contributed by atoms with Gasteiger partial charge in [0.05, 0.1) is 5.39 Å². The molecule has 0 unspecified atom stereocenters. The number of fused-ring (bicyclic) bond motifs is 1. The van der Waals surface area contributed by atoms with Crippen molar-refractivity contribution in [3.8, 4) is 5.75 Å². The molecule has 2 aromatic carbocycles. The number of carbonyl (C=O) groups excluding carboxylic acids is 1. The molecular formula is C18H17N3O4. The van der Waals surface area contributed by atoms with Gasteiger partial charge in [-0.2, -0.15) is 4.68 Å². The number of ether oxygens (including phenoxy) is 2. The second-order valence-electron chi connectivity index (χ2n) is 5.61. The number of nitrogens with zero attached hydrogens (tertiary/aromatic N) is 3. The first-order valence-corrected chi connectivity index (χ1v) is 7.73. The highest BCUT2D eigenvalue weighted by atomic mass is 16.6. The minimum atomic E-state index is -0.596. The van der Waals surface area contributed by atoms with Crippen LogP contribution >= 0.6 is 0 Å². The van der Waals surface area contributed by atoms with Crippen molar-refractivity contribution in [2.24, 2.45) is 0 Å². The molecule has 0 aliphatic heterocycles. The zero-order chi connectivity index (χ0) is 17.8. The third-order valence-electron chi connectivity index (χ3n) is 3.65. The normalized spacial score (nSPS) is 10.6. The van der Waals surface area contributed by atoms with Gasteiger partial charge in [0.15, 0.2) is 13.3 Å². The fourth-order valence-corrected chi connectivity index (χ4v) is 2.38. The zero-order valence-electron chi connectivity index (χ0n) is 13.9. The third kappa shape index (κ3) is 3.82. The number of hydrogen-bond acceptors (Lipinski definition) is 6. The Morgan fingerprint density at radius 3 is 2.76 bits per heavy atom. The van der Waals surface area contributed by atoms with Crippen LogP contribution in [-0.4, -0.2) is 27.6 Å². The van der Waals surface area contributed by atoms with Crippen molar-refractivity contribution in [3.05, 3.63) is 63.9 Å². The molecule has 0 radical (unpaired) electrons. The van der Waals surface area contributed by atoms with E-state index in [-0.39, 0.29) is 18.9 Å². The molecule has 0 atom stereocenters. The van der Waals surface area contributed by atoms with E-state index in [0.717, 1.165) is 15.8 Å². The smallest absolute Gasteiger partial charge is 0.345 e. The van der Waals surface area contributed by atoms with E-state index in [1.165, 1.54) is 0 Å². The van der Waals surface area contributed by atoms with Crippen LogP contribution in [0.1, 0.15) is 11.1 Å². The number of benzene rings is 2. The predicted molar refractivity (Wildman–Crippen MR) is 91.3 cm³/mol. The van der Waals surface area contributed by atoms with Gasteiger partial charge in [0.2, 0.25) is 0 Å². The summed E-state index contributed by atoms with van der Waals surface area (Å²) in [5, 5.41) is 8.10. The Hall–Kier alpha value is -3.22. The molecule has 0 amide bonds. The SMILES string of the molecule is Cc1ccc(OCC(=O)OCn2nnc3ccccc3c2=O)c(C)c1. The summed E-state index contributed by atoms with van der Waals surface area (Å²) in [6, 6.07) is 12.5.